The molecule has 3 aromatic rings. The van der Waals surface area contributed by atoms with Crippen LogP contribution < -0.4 is 0 Å². The van der Waals surface area contributed by atoms with Crippen LogP contribution in [0.1, 0.15) is 16.6 Å². The molecule has 1 nitrogen and oxygen atoms in total. The second kappa shape index (κ2) is 4.79. The van der Waals surface area contributed by atoms with Crippen LogP contribution in [0.4, 0.5) is 0 Å². The van der Waals surface area contributed by atoms with Gasteiger partial charge in [-0.1, -0.05) is 54.6 Å². The van der Waals surface area contributed by atoms with Gasteiger partial charge in [0.25, 0.3) is 0 Å². The first-order valence-electron chi connectivity index (χ1n) is 5.89. The molecule has 0 aliphatic carbocycles. The van der Waals surface area contributed by atoms with Crippen LogP contribution >= 0.6 is 11.6 Å². The molecule has 1 heterocycles. The van der Waals surface area contributed by atoms with Crippen LogP contribution in [0.15, 0.2) is 66.9 Å². The minimum Gasteiger partial charge on any atom is -0.259 e. The molecule has 88 valence electrons. The Morgan fingerprint density at radius 2 is 1.56 bits per heavy atom. The Morgan fingerprint density at radius 3 is 2.39 bits per heavy atom. The molecule has 0 amide bonds. The number of nitrogens with zero attached hydrogens (tertiary/aromatic N) is 1. The maximum Gasteiger partial charge on any atom is 0.101 e. The molecule has 1 atom stereocenters. The minimum atomic E-state index is -0.211. The molecule has 2 aromatic carbocycles. The van der Waals surface area contributed by atoms with E-state index in [1.54, 1.807) is 0 Å². The van der Waals surface area contributed by atoms with Crippen LogP contribution in [0.2, 0.25) is 0 Å². The summed E-state index contributed by atoms with van der Waals surface area (Å²) in [7, 11) is 0. The van der Waals surface area contributed by atoms with E-state index in [0.717, 1.165) is 16.6 Å². The molecular formula is C16H12ClN. The van der Waals surface area contributed by atoms with Gasteiger partial charge in [-0.3, -0.25) is 4.98 Å². The number of pyridine rings is 1. The molecule has 1 aromatic heterocycles. The second-order valence-electron chi connectivity index (χ2n) is 4.19. The van der Waals surface area contributed by atoms with Crippen molar-refractivity contribution in [3.63, 3.8) is 0 Å². The normalized spacial score (nSPS) is 12.5. The Labute approximate surface area is 111 Å². The number of hydrogen-bond donors (Lipinski definition) is 0. The van der Waals surface area contributed by atoms with Crippen molar-refractivity contribution in [3.05, 3.63) is 78.1 Å². The van der Waals surface area contributed by atoms with Gasteiger partial charge in [0, 0.05) is 11.6 Å². The van der Waals surface area contributed by atoms with Crippen molar-refractivity contribution in [2.24, 2.45) is 0 Å². The summed E-state index contributed by atoms with van der Waals surface area (Å²) in [6.45, 7) is 0. The van der Waals surface area contributed by atoms with E-state index in [1.165, 1.54) is 5.39 Å². The van der Waals surface area contributed by atoms with Crippen molar-refractivity contribution in [2.45, 2.75) is 5.38 Å². The van der Waals surface area contributed by atoms with Gasteiger partial charge in [-0.2, -0.15) is 0 Å². The maximum absolute atomic E-state index is 6.55. The van der Waals surface area contributed by atoms with Crippen molar-refractivity contribution in [1.29, 1.82) is 0 Å². The number of alkyl halides is 1. The lowest BCUT2D eigenvalue weighted by Gasteiger charge is -2.11. The summed E-state index contributed by atoms with van der Waals surface area (Å²) in [6, 6.07) is 20.2. The average molecular weight is 254 g/mol. The van der Waals surface area contributed by atoms with Gasteiger partial charge in [-0.15, -0.1) is 11.6 Å². The number of fused-ring (bicyclic) bond motifs is 1. The monoisotopic (exact) mass is 253 g/mol. The molecule has 0 N–H and O–H groups in total. The summed E-state index contributed by atoms with van der Waals surface area (Å²) in [6.07, 6.45) is 1.82. The number of benzene rings is 2. The van der Waals surface area contributed by atoms with Gasteiger partial charge in [0.05, 0.1) is 5.69 Å². The third kappa shape index (κ3) is 1.98. The van der Waals surface area contributed by atoms with Crippen molar-refractivity contribution < 1.29 is 0 Å². The summed E-state index contributed by atoms with van der Waals surface area (Å²) >= 11 is 6.55. The quantitative estimate of drug-likeness (QED) is 0.610. The molecule has 0 fully saturated rings. The zero-order chi connectivity index (χ0) is 12.4. The van der Waals surface area contributed by atoms with Gasteiger partial charge in [0.15, 0.2) is 0 Å². The molecule has 0 radical (unpaired) electrons. The number of hydrogen-bond acceptors (Lipinski definition) is 1. The third-order valence-corrected chi connectivity index (χ3v) is 3.50. The largest absolute Gasteiger partial charge is 0.259 e. The van der Waals surface area contributed by atoms with Gasteiger partial charge in [0.1, 0.15) is 5.38 Å². The molecule has 1 unspecified atom stereocenters. The Hall–Kier alpha value is -1.86. The first-order valence-corrected chi connectivity index (χ1v) is 6.32. The highest BCUT2D eigenvalue weighted by atomic mass is 35.5. The lowest BCUT2D eigenvalue weighted by atomic mass is 10.0. The summed E-state index contributed by atoms with van der Waals surface area (Å²) in [4.78, 5) is 4.45. The van der Waals surface area contributed by atoms with Crippen LogP contribution in [-0.2, 0) is 0 Å². The van der Waals surface area contributed by atoms with E-state index in [2.05, 4.69) is 17.1 Å². The highest BCUT2D eigenvalue weighted by molar-refractivity contribution is 6.23. The van der Waals surface area contributed by atoms with Crippen molar-refractivity contribution in [2.75, 3.05) is 0 Å². The maximum atomic E-state index is 6.55. The summed E-state index contributed by atoms with van der Waals surface area (Å²) in [5.41, 5.74) is 1.99. The fourth-order valence-electron chi connectivity index (χ4n) is 2.12. The van der Waals surface area contributed by atoms with Gasteiger partial charge >= 0.3 is 0 Å². The SMILES string of the molecule is ClC(c1ccccc1)c1nccc2ccccc12. The van der Waals surface area contributed by atoms with Gasteiger partial charge < -0.3 is 0 Å². The molecule has 2 heteroatoms. The highest BCUT2D eigenvalue weighted by Gasteiger charge is 2.14. The van der Waals surface area contributed by atoms with E-state index in [0.29, 0.717) is 0 Å². The molecule has 3 rings (SSSR count). The van der Waals surface area contributed by atoms with Crippen LogP contribution in [0.5, 0.6) is 0 Å². The van der Waals surface area contributed by atoms with E-state index in [9.17, 15) is 0 Å². The predicted molar refractivity (Wildman–Crippen MR) is 75.9 cm³/mol. The van der Waals surface area contributed by atoms with Crippen LogP contribution in [-0.4, -0.2) is 4.98 Å². The summed E-state index contributed by atoms with van der Waals surface area (Å²) < 4.78 is 0. The lowest BCUT2D eigenvalue weighted by Crippen LogP contribution is -1.97. The fraction of sp³-hybridized carbons (Fsp3) is 0.0625. The van der Waals surface area contributed by atoms with Crippen LogP contribution in [0, 0.1) is 0 Å². The average Bonchev–Trinajstić information content (AvgIpc) is 2.47. The Morgan fingerprint density at radius 1 is 0.833 bits per heavy atom. The van der Waals surface area contributed by atoms with Crippen LogP contribution in [0.25, 0.3) is 10.8 Å². The summed E-state index contributed by atoms with van der Waals surface area (Å²) in [5.74, 6) is 0. The zero-order valence-electron chi connectivity index (χ0n) is 9.75. The van der Waals surface area contributed by atoms with E-state index in [-0.39, 0.29) is 5.38 Å². The number of aromatic nitrogens is 1. The van der Waals surface area contributed by atoms with E-state index >= 15 is 0 Å². The molecule has 0 spiro atoms. The fourth-order valence-corrected chi connectivity index (χ4v) is 2.44. The van der Waals surface area contributed by atoms with Gasteiger partial charge in [-0.05, 0) is 17.0 Å². The minimum absolute atomic E-state index is 0.211. The smallest absolute Gasteiger partial charge is 0.101 e. The topological polar surface area (TPSA) is 12.9 Å². The van der Waals surface area contributed by atoms with Gasteiger partial charge in [-0.25, -0.2) is 0 Å². The van der Waals surface area contributed by atoms with Gasteiger partial charge in [0.2, 0.25) is 0 Å². The van der Waals surface area contributed by atoms with Crippen LogP contribution in [0.3, 0.4) is 0 Å². The highest BCUT2D eigenvalue weighted by Crippen LogP contribution is 2.31. The second-order valence-corrected chi connectivity index (χ2v) is 4.63. The molecule has 0 aliphatic heterocycles. The summed E-state index contributed by atoms with van der Waals surface area (Å²) in [5, 5.41) is 2.07. The standard InChI is InChI=1S/C16H12ClN/c17-15(13-7-2-1-3-8-13)16-14-9-5-4-6-12(14)10-11-18-16/h1-11,15H. The van der Waals surface area contributed by atoms with Crippen molar-refractivity contribution in [3.8, 4) is 0 Å². The first-order chi connectivity index (χ1) is 8.86. The Kier molecular flexibility index (Phi) is 2.99. The lowest BCUT2D eigenvalue weighted by molar-refractivity contribution is 1.06. The van der Waals surface area contributed by atoms with E-state index in [4.69, 9.17) is 11.6 Å². The van der Waals surface area contributed by atoms with Crippen molar-refractivity contribution in [1.82, 2.24) is 4.98 Å². The van der Waals surface area contributed by atoms with E-state index < -0.39 is 0 Å². The first kappa shape index (κ1) is 11.2. The number of halogens is 1. The Bertz CT molecular complexity index is 659. The van der Waals surface area contributed by atoms with E-state index in [1.807, 2.05) is 54.7 Å². The molecular weight excluding hydrogens is 242 g/mol. The third-order valence-electron chi connectivity index (χ3n) is 3.04. The molecule has 0 saturated carbocycles. The molecule has 0 bridgehead atoms. The molecule has 18 heavy (non-hydrogen) atoms. The zero-order valence-corrected chi connectivity index (χ0v) is 10.5. The Balaban J connectivity index is 2.15. The number of rotatable bonds is 2. The molecule has 0 aliphatic rings. The predicted octanol–water partition coefficient (Wildman–Crippen LogP) is 4.56. The van der Waals surface area contributed by atoms with Crippen molar-refractivity contribution >= 4 is 22.4 Å². The molecule has 0 saturated heterocycles.